The molecule has 0 spiro atoms. The van der Waals surface area contributed by atoms with E-state index in [1.54, 1.807) is 13.0 Å². The van der Waals surface area contributed by atoms with Gasteiger partial charge in [-0.1, -0.05) is 6.07 Å². The highest BCUT2D eigenvalue weighted by atomic mass is 32.2. The fraction of sp³-hybridized carbons (Fsp3) is 0.176. The molecule has 1 unspecified atom stereocenters. The summed E-state index contributed by atoms with van der Waals surface area (Å²) < 4.78 is 40.8. The molecule has 1 amide bonds. The second-order valence-electron chi connectivity index (χ2n) is 5.69. The fourth-order valence-electron chi connectivity index (χ4n) is 2.55. The van der Waals surface area contributed by atoms with Crippen molar-refractivity contribution in [2.24, 2.45) is 0 Å². The molecule has 1 heterocycles. The number of carbonyl (C=O) groups is 2. The van der Waals surface area contributed by atoms with E-state index in [1.165, 1.54) is 37.3 Å². The summed E-state index contributed by atoms with van der Waals surface area (Å²) in [6.07, 6.45) is -1.59. The smallest absolute Gasteiger partial charge is 0.450 e. The minimum absolute atomic E-state index is 0.0194. The number of nitrogens with one attached hydrogen (secondary N) is 1. The maximum absolute atomic E-state index is 13.0. The minimum Gasteiger partial charge on any atom is -0.450 e. The zero-order valence-electron chi connectivity index (χ0n) is 14.3. The van der Waals surface area contributed by atoms with Gasteiger partial charge in [-0.3, -0.25) is 4.79 Å². The largest absolute Gasteiger partial charge is 0.511 e. The van der Waals surface area contributed by atoms with Gasteiger partial charge < -0.3 is 24.6 Å². The van der Waals surface area contributed by atoms with Gasteiger partial charge in [0.2, 0.25) is 15.7 Å². The standard InChI is InChI=1S/C17H15NO8S/c1-9-6-13-14(25-17(24-13)26-16(20)21)8-15(9)27(22,23)12-5-3-4-11(7-12)18-10(2)19/h3-8,17H,1-2H3,(H,18,19)(H,20,21). The summed E-state index contributed by atoms with van der Waals surface area (Å²) in [5, 5.41) is 11.1. The van der Waals surface area contributed by atoms with Crippen molar-refractivity contribution < 1.29 is 37.3 Å². The lowest BCUT2D eigenvalue weighted by Crippen LogP contribution is -2.24. The van der Waals surface area contributed by atoms with Crippen molar-refractivity contribution in [3.05, 3.63) is 42.0 Å². The third kappa shape index (κ3) is 3.80. The molecule has 2 aromatic carbocycles. The van der Waals surface area contributed by atoms with Crippen molar-refractivity contribution >= 4 is 27.6 Å². The van der Waals surface area contributed by atoms with E-state index in [2.05, 4.69) is 10.1 Å². The van der Waals surface area contributed by atoms with Crippen LogP contribution in [0.1, 0.15) is 12.5 Å². The second kappa shape index (κ2) is 6.80. The topological polar surface area (TPSA) is 128 Å². The number of hydrogen-bond donors (Lipinski definition) is 2. The molecule has 1 aliphatic rings. The Morgan fingerprint density at radius 1 is 1.15 bits per heavy atom. The first-order chi connectivity index (χ1) is 12.7. The van der Waals surface area contributed by atoms with Gasteiger partial charge in [-0.2, -0.15) is 0 Å². The van der Waals surface area contributed by atoms with E-state index in [9.17, 15) is 18.0 Å². The number of aryl methyl sites for hydroxylation is 1. The Kier molecular flexibility index (Phi) is 4.66. The normalized spacial score (nSPS) is 15.3. The number of anilines is 1. The predicted octanol–water partition coefficient (Wildman–Crippen LogP) is 2.54. The molecule has 9 nitrogen and oxygen atoms in total. The van der Waals surface area contributed by atoms with Crippen molar-refractivity contribution in [2.75, 3.05) is 5.32 Å². The first-order valence-electron chi connectivity index (χ1n) is 7.67. The Hall–Kier alpha value is -3.27. The van der Waals surface area contributed by atoms with Crippen LogP contribution in [0.4, 0.5) is 10.5 Å². The van der Waals surface area contributed by atoms with Gasteiger partial charge >= 0.3 is 12.6 Å². The van der Waals surface area contributed by atoms with Gasteiger partial charge in [-0.15, -0.1) is 0 Å². The highest BCUT2D eigenvalue weighted by Gasteiger charge is 2.31. The van der Waals surface area contributed by atoms with Gasteiger partial charge in [0.05, 0.1) is 9.79 Å². The van der Waals surface area contributed by atoms with Crippen molar-refractivity contribution in [2.45, 2.75) is 30.1 Å². The van der Waals surface area contributed by atoms with Crippen LogP contribution in [0.5, 0.6) is 11.5 Å². The number of carbonyl (C=O) groups excluding carboxylic acids is 1. The predicted molar refractivity (Wildman–Crippen MR) is 91.5 cm³/mol. The lowest BCUT2D eigenvalue weighted by molar-refractivity contribution is -0.147. The number of benzene rings is 2. The van der Waals surface area contributed by atoms with E-state index in [1.807, 2.05) is 0 Å². The third-order valence-corrected chi connectivity index (χ3v) is 5.53. The molecular formula is C17H15NO8S. The van der Waals surface area contributed by atoms with Gasteiger partial charge in [-0.25, -0.2) is 13.2 Å². The molecule has 2 N–H and O–H groups in total. The van der Waals surface area contributed by atoms with Crippen LogP contribution in [0.3, 0.4) is 0 Å². The average Bonchev–Trinajstić information content (AvgIpc) is 2.93. The number of sulfone groups is 1. The zero-order chi connectivity index (χ0) is 19.8. The Balaban J connectivity index is 1.97. The van der Waals surface area contributed by atoms with E-state index >= 15 is 0 Å². The van der Waals surface area contributed by atoms with Gasteiger partial charge in [0.25, 0.3) is 0 Å². The third-order valence-electron chi connectivity index (χ3n) is 3.64. The van der Waals surface area contributed by atoms with Gasteiger partial charge in [0.15, 0.2) is 11.5 Å². The Morgan fingerprint density at radius 2 is 1.81 bits per heavy atom. The molecule has 0 aromatic heterocycles. The van der Waals surface area contributed by atoms with Crippen LogP contribution in [0.25, 0.3) is 0 Å². The van der Waals surface area contributed by atoms with E-state index in [4.69, 9.17) is 14.6 Å². The highest BCUT2D eigenvalue weighted by Crippen LogP contribution is 2.40. The number of fused-ring (bicyclic) bond motifs is 1. The highest BCUT2D eigenvalue weighted by molar-refractivity contribution is 7.91. The summed E-state index contributed by atoms with van der Waals surface area (Å²) >= 11 is 0. The van der Waals surface area contributed by atoms with Crippen LogP contribution >= 0.6 is 0 Å². The molecule has 10 heteroatoms. The van der Waals surface area contributed by atoms with Crippen molar-refractivity contribution in [3.63, 3.8) is 0 Å². The Bertz CT molecular complexity index is 1030. The van der Waals surface area contributed by atoms with Gasteiger partial charge in [-0.05, 0) is 36.8 Å². The molecule has 1 aliphatic heterocycles. The molecule has 0 aliphatic carbocycles. The Labute approximate surface area is 154 Å². The van der Waals surface area contributed by atoms with Crippen LogP contribution < -0.4 is 14.8 Å². The van der Waals surface area contributed by atoms with Crippen LogP contribution in [0, 0.1) is 6.92 Å². The number of rotatable bonds is 4. The van der Waals surface area contributed by atoms with Crippen molar-refractivity contribution in [1.29, 1.82) is 0 Å². The SMILES string of the molecule is CC(=O)Nc1cccc(S(=O)(=O)c2cc3c(cc2C)OC(OC(=O)O)O3)c1. The summed E-state index contributed by atoms with van der Waals surface area (Å²) in [5.41, 5.74) is 0.718. The van der Waals surface area contributed by atoms with Crippen LogP contribution in [-0.2, 0) is 19.4 Å². The molecule has 0 fully saturated rings. The molecule has 1 atom stereocenters. The maximum atomic E-state index is 13.0. The van der Waals surface area contributed by atoms with E-state index in [0.29, 0.717) is 11.3 Å². The lowest BCUT2D eigenvalue weighted by Gasteiger charge is -2.10. The summed E-state index contributed by atoms with van der Waals surface area (Å²) in [5.74, 6) is -0.110. The summed E-state index contributed by atoms with van der Waals surface area (Å²) in [6, 6.07) is 8.50. The number of amides is 1. The van der Waals surface area contributed by atoms with Gasteiger partial charge in [0.1, 0.15) is 0 Å². The monoisotopic (exact) mass is 393 g/mol. The molecular weight excluding hydrogens is 378 g/mol. The molecule has 0 radical (unpaired) electrons. The van der Waals surface area contributed by atoms with E-state index < -0.39 is 22.5 Å². The summed E-state index contributed by atoms with van der Waals surface area (Å²) in [7, 11) is -3.93. The zero-order valence-corrected chi connectivity index (χ0v) is 15.1. The minimum atomic E-state index is -3.93. The molecule has 0 saturated heterocycles. The second-order valence-corrected chi connectivity index (χ2v) is 7.60. The molecule has 27 heavy (non-hydrogen) atoms. The number of ether oxygens (including phenoxy) is 3. The van der Waals surface area contributed by atoms with Crippen LogP contribution in [0.2, 0.25) is 0 Å². The Morgan fingerprint density at radius 3 is 2.44 bits per heavy atom. The quantitative estimate of drug-likeness (QED) is 0.759. The van der Waals surface area contributed by atoms with E-state index in [-0.39, 0.29) is 27.2 Å². The first-order valence-corrected chi connectivity index (χ1v) is 9.15. The first kappa shape index (κ1) is 18.5. The van der Waals surface area contributed by atoms with Crippen molar-refractivity contribution in [3.8, 4) is 11.5 Å². The molecule has 3 rings (SSSR count). The van der Waals surface area contributed by atoms with Crippen molar-refractivity contribution in [1.82, 2.24) is 0 Å². The summed E-state index contributed by atoms with van der Waals surface area (Å²) in [6.45, 7) is 1.39. The number of hydrogen-bond acceptors (Lipinski definition) is 7. The fourth-order valence-corrected chi connectivity index (χ4v) is 4.09. The molecule has 0 bridgehead atoms. The lowest BCUT2D eigenvalue weighted by atomic mass is 10.2. The molecule has 2 aromatic rings. The van der Waals surface area contributed by atoms with Crippen LogP contribution in [0.15, 0.2) is 46.2 Å². The number of carboxylic acid groups (broad SMARTS) is 1. The maximum Gasteiger partial charge on any atom is 0.511 e. The average molecular weight is 393 g/mol. The molecule has 0 saturated carbocycles. The summed E-state index contributed by atoms with van der Waals surface area (Å²) in [4.78, 5) is 21.7. The molecule has 142 valence electrons. The van der Waals surface area contributed by atoms with E-state index in [0.717, 1.165) is 0 Å². The van der Waals surface area contributed by atoms with Gasteiger partial charge in [0, 0.05) is 18.7 Å². The van der Waals surface area contributed by atoms with Crippen LogP contribution in [-0.4, -0.2) is 32.1 Å².